The van der Waals surface area contributed by atoms with Gasteiger partial charge in [0, 0.05) is 12.6 Å². The van der Waals surface area contributed by atoms with Crippen molar-refractivity contribution >= 4 is 11.4 Å². The molecule has 2 rings (SSSR count). The Morgan fingerprint density at radius 1 is 1.47 bits per heavy atom. The Hall–Kier alpha value is -1.84. The van der Waals surface area contributed by atoms with Gasteiger partial charge in [0.1, 0.15) is 5.82 Å². The molecule has 2 aromatic heterocycles. The molecule has 0 aromatic carbocycles. The van der Waals surface area contributed by atoms with Gasteiger partial charge >= 0.3 is 0 Å². The third kappa shape index (κ3) is 1.70. The summed E-state index contributed by atoms with van der Waals surface area (Å²) in [5.74, 6) is 1.15. The Labute approximate surface area is 88.3 Å². The van der Waals surface area contributed by atoms with Crippen molar-refractivity contribution in [2.75, 3.05) is 0 Å². The van der Waals surface area contributed by atoms with E-state index in [0.717, 1.165) is 22.6 Å². The van der Waals surface area contributed by atoms with E-state index in [-0.39, 0.29) is 5.84 Å². The summed E-state index contributed by atoms with van der Waals surface area (Å²) in [4.78, 5) is 4.39. The lowest BCUT2D eigenvalue weighted by Gasteiger charge is -2.02. The van der Waals surface area contributed by atoms with Crippen LogP contribution in [0.25, 0.3) is 5.52 Å². The molecule has 0 radical (unpaired) electrons. The fourth-order valence-corrected chi connectivity index (χ4v) is 1.79. The Morgan fingerprint density at radius 2 is 2.20 bits per heavy atom. The number of hydrogen-bond acceptors (Lipinski definition) is 2. The Bertz CT molecular complexity index is 525. The van der Waals surface area contributed by atoms with Crippen LogP contribution in [0.15, 0.2) is 18.3 Å². The summed E-state index contributed by atoms with van der Waals surface area (Å²) in [6.45, 7) is 3.96. The maximum atomic E-state index is 7.25. The quantitative estimate of drug-likeness (QED) is 0.571. The highest BCUT2D eigenvalue weighted by atomic mass is 15.0. The predicted molar refractivity (Wildman–Crippen MR) is 60.3 cm³/mol. The molecule has 0 amide bonds. The summed E-state index contributed by atoms with van der Waals surface area (Å²) in [5, 5.41) is 7.25. The fourth-order valence-electron chi connectivity index (χ4n) is 1.79. The van der Waals surface area contributed by atoms with E-state index in [9.17, 15) is 0 Å². The molecular weight excluding hydrogens is 188 g/mol. The van der Waals surface area contributed by atoms with Crippen molar-refractivity contribution in [3.8, 4) is 0 Å². The molecule has 0 spiro atoms. The van der Waals surface area contributed by atoms with E-state index in [1.807, 2.05) is 36.6 Å². The summed E-state index contributed by atoms with van der Waals surface area (Å²) < 4.78 is 2.04. The topological polar surface area (TPSA) is 67.2 Å². The number of aromatic nitrogens is 2. The molecule has 0 unspecified atom stereocenters. The number of hydrogen-bond donors (Lipinski definition) is 2. The number of nitrogens with two attached hydrogens (primary N) is 1. The monoisotopic (exact) mass is 202 g/mol. The first kappa shape index (κ1) is 9.71. The van der Waals surface area contributed by atoms with Crippen LogP contribution in [-0.4, -0.2) is 15.2 Å². The molecule has 3 N–H and O–H groups in total. The standard InChI is InChI=1S/C11H14N4/c1-7-10-4-3-9(5-11(12)13)6-15(10)8(2)14-7/h3-4,6H,5H2,1-2H3,(H3,12,13). The summed E-state index contributed by atoms with van der Waals surface area (Å²) in [7, 11) is 0. The first-order valence-corrected chi connectivity index (χ1v) is 4.85. The molecular formula is C11H14N4. The van der Waals surface area contributed by atoms with Crippen molar-refractivity contribution in [2.24, 2.45) is 5.73 Å². The largest absolute Gasteiger partial charge is 0.387 e. The van der Waals surface area contributed by atoms with Crippen molar-refractivity contribution in [3.63, 3.8) is 0 Å². The van der Waals surface area contributed by atoms with Crippen molar-refractivity contribution in [1.29, 1.82) is 5.41 Å². The van der Waals surface area contributed by atoms with Crippen LogP contribution < -0.4 is 5.73 Å². The molecule has 4 nitrogen and oxygen atoms in total. The number of nitrogens with zero attached hydrogens (tertiary/aromatic N) is 2. The van der Waals surface area contributed by atoms with Gasteiger partial charge in [0.25, 0.3) is 0 Å². The molecule has 15 heavy (non-hydrogen) atoms. The molecule has 0 fully saturated rings. The highest BCUT2D eigenvalue weighted by molar-refractivity contribution is 5.79. The highest BCUT2D eigenvalue weighted by Gasteiger charge is 2.04. The first-order valence-electron chi connectivity index (χ1n) is 4.85. The SMILES string of the molecule is Cc1nc(C)n2cc(CC(=N)N)ccc12. The van der Waals surface area contributed by atoms with E-state index < -0.39 is 0 Å². The highest BCUT2D eigenvalue weighted by Crippen LogP contribution is 2.13. The van der Waals surface area contributed by atoms with Gasteiger partial charge in [0.05, 0.1) is 17.0 Å². The van der Waals surface area contributed by atoms with Crippen LogP contribution in [0.3, 0.4) is 0 Å². The van der Waals surface area contributed by atoms with Gasteiger partial charge in [0.15, 0.2) is 0 Å². The van der Waals surface area contributed by atoms with Gasteiger partial charge in [-0.3, -0.25) is 5.41 Å². The lowest BCUT2D eigenvalue weighted by atomic mass is 10.2. The predicted octanol–water partition coefficient (Wildman–Crippen LogP) is 1.43. The van der Waals surface area contributed by atoms with Crippen LogP contribution in [0.1, 0.15) is 17.1 Å². The summed E-state index contributed by atoms with van der Waals surface area (Å²) >= 11 is 0. The Morgan fingerprint density at radius 3 is 2.87 bits per heavy atom. The average molecular weight is 202 g/mol. The van der Waals surface area contributed by atoms with Crippen molar-refractivity contribution in [1.82, 2.24) is 9.38 Å². The van der Waals surface area contributed by atoms with Crippen molar-refractivity contribution in [2.45, 2.75) is 20.3 Å². The number of rotatable bonds is 2. The lowest BCUT2D eigenvalue weighted by molar-refractivity contribution is 1.02. The number of nitrogens with one attached hydrogen (secondary N) is 1. The zero-order valence-corrected chi connectivity index (χ0v) is 8.91. The summed E-state index contributed by atoms with van der Waals surface area (Å²) in [6, 6.07) is 4.01. The van der Waals surface area contributed by atoms with Crippen LogP contribution in [0.4, 0.5) is 0 Å². The maximum absolute atomic E-state index is 7.25. The number of aryl methyl sites for hydroxylation is 2. The molecule has 0 aliphatic heterocycles. The van der Waals surface area contributed by atoms with Gasteiger partial charge in [-0.2, -0.15) is 0 Å². The van der Waals surface area contributed by atoms with E-state index in [1.54, 1.807) is 0 Å². The van der Waals surface area contributed by atoms with Crippen LogP contribution in [0.2, 0.25) is 0 Å². The lowest BCUT2D eigenvalue weighted by Crippen LogP contribution is -2.13. The summed E-state index contributed by atoms with van der Waals surface area (Å²) in [6.07, 6.45) is 2.48. The number of amidine groups is 1. The minimum Gasteiger partial charge on any atom is -0.387 e. The normalized spacial score (nSPS) is 10.8. The van der Waals surface area contributed by atoms with Crippen molar-refractivity contribution in [3.05, 3.63) is 35.4 Å². The third-order valence-corrected chi connectivity index (χ3v) is 2.45. The molecule has 2 aromatic rings. The maximum Gasteiger partial charge on any atom is 0.110 e. The van der Waals surface area contributed by atoms with Gasteiger partial charge in [-0.15, -0.1) is 0 Å². The summed E-state index contributed by atoms with van der Waals surface area (Å²) in [5.41, 5.74) is 8.55. The minimum atomic E-state index is 0.184. The van der Waals surface area contributed by atoms with E-state index in [1.165, 1.54) is 0 Å². The van der Waals surface area contributed by atoms with Crippen LogP contribution in [0.5, 0.6) is 0 Å². The molecule has 0 saturated heterocycles. The van der Waals surface area contributed by atoms with Gasteiger partial charge in [0.2, 0.25) is 0 Å². The zero-order chi connectivity index (χ0) is 11.0. The van der Waals surface area contributed by atoms with Gasteiger partial charge < -0.3 is 10.1 Å². The fraction of sp³-hybridized carbons (Fsp3) is 0.273. The Kier molecular flexibility index (Phi) is 2.19. The van der Waals surface area contributed by atoms with Gasteiger partial charge in [-0.05, 0) is 25.5 Å². The van der Waals surface area contributed by atoms with Gasteiger partial charge in [-0.1, -0.05) is 6.07 Å². The smallest absolute Gasteiger partial charge is 0.110 e. The van der Waals surface area contributed by atoms with E-state index in [2.05, 4.69) is 4.98 Å². The molecule has 4 heteroatoms. The Balaban J connectivity index is 2.55. The second-order valence-corrected chi connectivity index (χ2v) is 3.74. The number of imidazole rings is 1. The molecule has 2 heterocycles. The van der Waals surface area contributed by atoms with Crippen LogP contribution >= 0.6 is 0 Å². The number of fused-ring (bicyclic) bond motifs is 1. The molecule has 78 valence electrons. The van der Waals surface area contributed by atoms with Crippen molar-refractivity contribution < 1.29 is 0 Å². The van der Waals surface area contributed by atoms with Crippen LogP contribution in [-0.2, 0) is 6.42 Å². The van der Waals surface area contributed by atoms with Crippen LogP contribution in [0, 0.1) is 19.3 Å². The third-order valence-electron chi connectivity index (χ3n) is 2.45. The molecule has 0 atom stereocenters. The molecule has 0 aliphatic carbocycles. The first-order chi connectivity index (χ1) is 7.08. The minimum absolute atomic E-state index is 0.184. The molecule has 0 aliphatic rings. The molecule has 0 bridgehead atoms. The van der Waals surface area contributed by atoms with E-state index in [0.29, 0.717) is 6.42 Å². The number of pyridine rings is 1. The van der Waals surface area contributed by atoms with E-state index in [4.69, 9.17) is 11.1 Å². The van der Waals surface area contributed by atoms with E-state index >= 15 is 0 Å². The van der Waals surface area contributed by atoms with Gasteiger partial charge in [-0.25, -0.2) is 4.98 Å². The zero-order valence-electron chi connectivity index (χ0n) is 8.91. The second kappa shape index (κ2) is 3.38. The average Bonchev–Trinajstić information content (AvgIpc) is 2.41. The second-order valence-electron chi connectivity index (χ2n) is 3.74. The molecule has 0 saturated carbocycles.